The lowest BCUT2D eigenvalue weighted by molar-refractivity contribution is -0.0351. The standard InChI is InChI=1S/C9H11ClFN3O3/c10-6-7(11)4(3-15)17-8(6)14-2-1-5(12)13-9(14)16/h1-2,4,6-8,15H,3H2,(H2,12,13,16)/t4-,6-,7-,8+/m1/s1. The Labute approximate surface area is 101 Å². The fourth-order valence-electron chi connectivity index (χ4n) is 1.67. The molecule has 0 aliphatic carbocycles. The monoisotopic (exact) mass is 263 g/mol. The molecular formula is C9H11ClFN3O3. The van der Waals surface area contributed by atoms with Crippen LogP contribution in [0, 0.1) is 0 Å². The summed E-state index contributed by atoms with van der Waals surface area (Å²) in [5, 5.41) is 7.83. The first-order valence-electron chi connectivity index (χ1n) is 4.93. The van der Waals surface area contributed by atoms with Crippen LogP contribution < -0.4 is 11.4 Å². The van der Waals surface area contributed by atoms with Gasteiger partial charge in [-0.2, -0.15) is 4.98 Å². The van der Waals surface area contributed by atoms with Crippen molar-refractivity contribution in [1.82, 2.24) is 9.55 Å². The molecule has 94 valence electrons. The van der Waals surface area contributed by atoms with Crippen LogP contribution in [0.4, 0.5) is 10.2 Å². The zero-order valence-electron chi connectivity index (χ0n) is 8.66. The topological polar surface area (TPSA) is 90.4 Å². The summed E-state index contributed by atoms with van der Waals surface area (Å²) < 4.78 is 19.8. The van der Waals surface area contributed by atoms with Gasteiger partial charge in [-0.05, 0) is 6.07 Å². The van der Waals surface area contributed by atoms with E-state index in [1.165, 1.54) is 12.3 Å². The summed E-state index contributed by atoms with van der Waals surface area (Å²) in [5.74, 6) is 0.0610. The normalized spacial score (nSPS) is 32.9. The SMILES string of the molecule is Nc1ccn([C@H]2O[C@H](CO)[C@@H](F)[C@H]2Cl)c(=O)n1. The van der Waals surface area contributed by atoms with E-state index < -0.39 is 36.2 Å². The van der Waals surface area contributed by atoms with Crippen LogP contribution in [0.5, 0.6) is 0 Å². The zero-order chi connectivity index (χ0) is 12.6. The number of anilines is 1. The molecule has 0 unspecified atom stereocenters. The minimum absolute atomic E-state index is 0.0610. The lowest BCUT2D eigenvalue weighted by atomic mass is 10.2. The molecule has 4 atom stereocenters. The van der Waals surface area contributed by atoms with Crippen LogP contribution in [0.15, 0.2) is 17.1 Å². The van der Waals surface area contributed by atoms with E-state index in [1.54, 1.807) is 0 Å². The van der Waals surface area contributed by atoms with E-state index in [4.69, 9.17) is 27.2 Å². The van der Waals surface area contributed by atoms with Crippen molar-refractivity contribution < 1.29 is 14.2 Å². The molecule has 0 saturated carbocycles. The lowest BCUT2D eigenvalue weighted by Crippen LogP contribution is -2.31. The number of halogens is 2. The fraction of sp³-hybridized carbons (Fsp3) is 0.556. The van der Waals surface area contributed by atoms with E-state index in [0.717, 1.165) is 4.57 Å². The predicted octanol–water partition coefficient (Wildman–Crippen LogP) is -0.339. The Morgan fingerprint density at radius 2 is 2.41 bits per heavy atom. The number of ether oxygens (including phenoxy) is 1. The van der Waals surface area contributed by atoms with Crippen LogP contribution >= 0.6 is 11.6 Å². The molecule has 1 aromatic heterocycles. The second-order valence-corrected chi connectivity index (χ2v) is 4.18. The smallest absolute Gasteiger partial charge is 0.351 e. The molecule has 2 heterocycles. The first kappa shape index (κ1) is 12.3. The summed E-state index contributed by atoms with van der Waals surface area (Å²) in [7, 11) is 0. The van der Waals surface area contributed by atoms with Crippen LogP contribution in [0.2, 0.25) is 0 Å². The van der Waals surface area contributed by atoms with Gasteiger partial charge in [0.25, 0.3) is 0 Å². The highest BCUT2D eigenvalue weighted by molar-refractivity contribution is 6.21. The summed E-state index contributed by atoms with van der Waals surface area (Å²) in [6, 6.07) is 1.38. The summed E-state index contributed by atoms with van der Waals surface area (Å²) in [6.45, 7) is -0.502. The number of nitrogens with zero attached hydrogens (tertiary/aromatic N) is 2. The third-order valence-electron chi connectivity index (χ3n) is 2.55. The Kier molecular flexibility index (Phi) is 3.32. The largest absolute Gasteiger partial charge is 0.394 e. The third kappa shape index (κ3) is 2.13. The molecular weight excluding hydrogens is 253 g/mol. The molecule has 6 nitrogen and oxygen atoms in total. The van der Waals surface area contributed by atoms with E-state index in [0.29, 0.717) is 0 Å². The molecule has 1 aliphatic rings. The van der Waals surface area contributed by atoms with Gasteiger partial charge in [-0.25, -0.2) is 9.18 Å². The van der Waals surface area contributed by atoms with Crippen LogP contribution in [0.1, 0.15) is 6.23 Å². The van der Waals surface area contributed by atoms with E-state index in [9.17, 15) is 9.18 Å². The van der Waals surface area contributed by atoms with Gasteiger partial charge in [-0.3, -0.25) is 4.57 Å². The van der Waals surface area contributed by atoms with Gasteiger partial charge in [-0.15, -0.1) is 11.6 Å². The molecule has 0 bridgehead atoms. The maximum atomic E-state index is 13.6. The number of rotatable bonds is 2. The Morgan fingerprint density at radius 3 is 2.94 bits per heavy atom. The number of alkyl halides is 2. The minimum atomic E-state index is -1.55. The third-order valence-corrected chi connectivity index (χ3v) is 3.01. The molecule has 1 fully saturated rings. The fourth-order valence-corrected chi connectivity index (χ4v) is 2.02. The minimum Gasteiger partial charge on any atom is -0.394 e. The van der Waals surface area contributed by atoms with Crippen molar-refractivity contribution in [3.05, 3.63) is 22.7 Å². The van der Waals surface area contributed by atoms with Crippen molar-refractivity contribution in [3.63, 3.8) is 0 Å². The Bertz CT molecular complexity index is 469. The van der Waals surface area contributed by atoms with Crippen LogP contribution in [-0.2, 0) is 4.74 Å². The van der Waals surface area contributed by atoms with Gasteiger partial charge in [0.05, 0.1) is 6.61 Å². The number of hydrogen-bond acceptors (Lipinski definition) is 5. The quantitative estimate of drug-likeness (QED) is 0.713. The Balaban J connectivity index is 2.32. The molecule has 0 radical (unpaired) electrons. The maximum absolute atomic E-state index is 13.6. The number of nitrogen functional groups attached to an aromatic ring is 1. The molecule has 17 heavy (non-hydrogen) atoms. The first-order chi connectivity index (χ1) is 8.04. The number of nitrogens with two attached hydrogens (primary N) is 1. The molecule has 1 aromatic rings. The van der Waals surface area contributed by atoms with Crippen molar-refractivity contribution in [2.24, 2.45) is 0 Å². The number of aliphatic hydroxyl groups excluding tert-OH is 1. The highest BCUT2D eigenvalue weighted by Crippen LogP contribution is 2.34. The van der Waals surface area contributed by atoms with Gasteiger partial charge in [0.2, 0.25) is 0 Å². The predicted molar refractivity (Wildman–Crippen MR) is 58.4 cm³/mol. The van der Waals surface area contributed by atoms with E-state index in [1.807, 2.05) is 0 Å². The average molecular weight is 264 g/mol. The van der Waals surface area contributed by atoms with Gasteiger partial charge in [0.1, 0.15) is 23.5 Å². The molecule has 1 saturated heterocycles. The molecule has 2 rings (SSSR count). The Morgan fingerprint density at radius 1 is 1.71 bits per heavy atom. The maximum Gasteiger partial charge on any atom is 0.351 e. The van der Waals surface area contributed by atoms with Crippen LogP contribution in [-0.4, -0.2) is 38.9 Å². The van der Waals surface area contributed by atoms with Gasteiger partial charge < -0.3 is 15.6 Å². The summed E-state index contributed by atoms with van der Waals surface area (Å²) in [4.78, 5) is 15.0. The van der Waals surface area contributed by atoms with Crippen molar-refractivity contribution in [3.8, 4) is 0 Å². The molecule has 8 heteroatoms. The molecule has 0 spiro atoms. The van der Waals surface area contributed by atoms with Gasteiger partial charge in [0.15, 0.2) is 6.23 Å². The van der Waals surface area contributed by atoms with E-state index in [-0.39, 0.29) is 5.82 Å². The molecule has 1 aliphatic heterocycles. The van der Waals surface area contributed by atoms with Gasteiger partial charge in [-0.1, -0.05) is 0 Å². The van der Waals surface area contributed by atoms with Crippen LogP contribution in [0.3, 0.4) is 0 Å². The Hall–Kier alpha value is -1.18. The highest BCUT2D eigenvalue weighted by Gasteiger charge is 2.45. The molecule has 0 amide bonds. The highest BCUT2D eigenvalue weighted by atomic mass is 35.5. The summed E-state index contributed by atoms with van der Waals surface area (Å²) in [5.41, 5.74) is 4.65. The summed E-state index contributed by atoms with van der Waals surface area (Å²) >= 11 is 5.82. The number of aliphatic hydroxyl groups is 1. The first-order valence-corrected chi connectivity index (χ1v) is 5.37. The van der Waals surface area contributed by atoms with Crippen molar-refractivity contribution in [2.75, 3.05) is 12.3 Å². The molecule has 3 N–H and O–H groups in total. The zero-order valence-corrected chi connectivity index (χ0v) is 9.42. The second-order valence-electron chi connectivity index (χ2n) is 3.68. The second kappa shape index (κ2) is 4.59. The number of aromatic nitrogens is 2. The van der Waals surface area contributed by atoms with E-state index in [2.05, 4.69) is 4.98 Å². The number of hydrogen-bond donors (Lipinski definition) is 2. The van der Waals surface area contributed by atoms with Gasteiger partial charge in [0, 0.05) is 6.20 Å². The van der Waals surface area contributed by atoms with Crippen molar-refractivity contribution in [2.45, 2.75) is 23.9 Å². The molecule has 0 aromatic carbocycles. The van der Waals surface area contributed by atoms with Crippen LogP contribution in [0.25, 0.3) is 0 Å². The van der Waals surface area contributed by atoms with Gasteiger partial charge >= 0.3 is 5.69 Å². The average Bonchev–Trinajstić information content (AvgIpc) is 2.57. The van der Waals surface area contributed by atoms with Crippen molar-refractivity contribution in [1.29, 1.82) is 0 Å². The van der Waals surface area contributed by atoms with E-state index >= 15 is 0 Å². The van der Waals surface area contributed by atoms with Crippen molar-refractivity contribution >= 4 is 17.4 Å². The lowest BCUT2D eigenvalue weighted by Gasteiger charge is -2.15. The summed E-state index contributed by atoms with van der Waals surface area (Å²) in [6.07, 6.45) is -2.25.